The fraction of sp³-hybridized carbons (Fsp3) is 0.423. The van der Waals surface area contributed by atoms with Gasteiger partial charge in [-0.05, 0) is 62.8 Å². The zero-order valence-electron chi connectivity index (χ0n) is 19.6. The van der Waals surface area contributed by atoms with Crippen molar-refractivity contribution in [2.45, 2.75) is 44.8 Å². The largest absolute Gasteiger partial charge is 0.481 e. The minimum Gasteiger partial charge on any atom is -0.481 e. The number of fused-ring (bicyclic) bond motifs is 1. The normalized spacial score (nSPS) is 19.0. The Kier molecular flexibility index (Phi) is 7.27. The topological polar surface area (TPSA) is 79.4 Å². The van der Waals surface area contributed by atoms with E-state index in [2.05, 4.69) is 16.7 Å². The van der Waals surface area contributed by atoms with E-state index in [1.54, 1.807) is 6.92 Å². The summed E-state index contributed by atoms with van der Waals surface area (Å²) in [6.45, 7) is 2.47. The number of hydrogen-bond acceptors (Lipinski definition) is 6. The van der Waals surface area contributed by atoms with E-state index in [0.717, 1.165) is 42.4 Å². The lowest BCUT2D eigenvalue weighted by atomic mass is 9.86. The van der Waals surface area contributed by atoms with Gasteiger partial charge in [0.05, 0.1) is 5.52 Å². The van der Waals surface area contributed by atoms with Crippen LogP contribution >= 0.6 is 0 Å². The molecule has 1 aliphatic carbocycles. The van der Waals surface area contributed by atoms with Crippen LogP contribution in [-0.2, 0) is 4.79 Å². The number of ether oxygens (including phenoxy) is 1. The van der Waals surface area contributed by atoms with Crippen molar-refractivity contribution in [1.29, 1.82) is 0 Å². The van der Waals surface area contributed by atoms with Gasteiger partial charge in [0.1, 0.15) is 11.6 Å². The number of anilines is 2. The molecule has 1 aliphatic rings. The highest BCUT2D eigenvalue weighted by Gasteiger charge is 2.24. The molecule has 0 bridgehead atoms. The van der Waals surface area contributed by atoms with Crippen LogP contribution in [0.1, 0.15) is 32.6 Å². The molecule has 2 aromatic carbocycles. The van der Waals surface area contributed by atoms with E-state index in [9.17, 15) is 4.79 Å². The van der Waals surface area contributed by atoms with Crippen molar-refractivity contribution in [3.05, 3.63) is 54.6 Å². The number of amides is 1. The highest BCUT2D eigenvalue weighted by Crippen LogP contribution is 2.28. The third kappa shape index (κ3) is 5.92. The second-order valence-electron chi connectivity index (χ2n) is 8.96. The van der Waals surface area contributed by atoms with Crippen molar-refractivity contribution in [1.82, 2.24) is 15.3 Å². The van der Waals surface area contributed by atoms with Crippen molar-refractivity contribution in [2.24, 2.45) is 5.92 Å². The summed E-state index contributed by atoms with van der Waals surface area (Å²) in [7, 11) is 4.01. The molecule has 1 amide bonds. The Hall–Kier alpha value is -3.35. The lowest BCUT2D eigenvalue weighted by Gasteiger charge is -2.29. The third-order valence-corrected chi connectivity index (χ3v) is 6.18. The summed E-state index contributed by atoms with van der Waals surface area (Å²) in [6, 6.07) is 17.9. The minimum atomic E-state index is -0.513. The average molecular weight is 448 g/mol. The van der Waals surface area contributed by atoms with Crippen molar-refractivity contribution >= 4 is 28.6 Å². The van der Waals surface area contributed by atoms with E-state index >= 15 is 0 Å². The molecule has 1 aromatic heterocycles. The molecule has 1 fully saturated rings. The van der Waals surface area contributed by atoms with Crippen LogP contribution in [-0.4, -0.2) is 48.7 Å². The monoisotopic (exact) mass is 447 g/mol. The Bertz CT molecular complexity index is 1060. The smallest absolute Gasteiger partial charge is 0.260 e. The van der Waals surface area contributed by atoms with E-state index in [1.807, 2.05) is 67.5 Å². The van der Waals surface area contributed by atoms with E-state index in [1.165, 1.54) is 0 Å². The van der Waals surface area contributed by atoms with Crippen LogP contribution < -0.4 is 20.3 Å². The van der Waals surface area contributed by atoms with Gasteiger partial charge in [0.2, 0.25) is 5.95 Å². The highest BCUT2D eigenvalue weighted by atomic mass is 16.5. The van der Waals surface area contributed by atoms with Crippen LogP contribution in [0.3, 0.4) is 0 Å². The lowest BCUT2D eigenvalue weighted by Crippen LogP contribution is -2.40. The number of aromatic nitrogens is 2. The molecule has 1 unspecified atom stereocenters. The first kappa shape index (κ1) is 22.8. The highest BCUT2D eigenvalue weighted by molar-refractivity contribution is 5.90. The molecular formula is C26H33N5O2. The van der Waals surface area contributed by atoms with Gasteiger partial charge in [-0.2, -0.15) is 4.98 Å². The van der Waals surface area contributed by atoms with E-state index in [0.29, 0.717) is 30.2 Å². The molecule has 174 valence electrons. The van der Waals surface area contributed by atoms with Gasteiger partial charge >= 0.3 is 0 Å². The number of benzene rings is 2. The Balaban J connectivity index is 1.26. The van der Waals surface area contributed by atoms with Crippen LogP contribution in [0.25, 0.3) is 10.9 Å². The number of rotatable bonds is 8. The molecule has 1 saturated carbocycles. The molecule has 7 heteroatoms. The Morgan fingerprint density at radius 3 is 2.45 bits per heavy atom. The summed E-state index contributed by atoms with van der Waals surface area (Å²) in [5.41, 5.74) is 0.946. The number of carbonyl (C=O) groups excluding carboxylic acids is 1. The molecule has 2 N–H and O–H groups in total. The fourth-order valence-electron chi connectivity index (χ4n) is 4.30. The molecule has 1 atom stereocenters. The molecule has 3 aromatic rings. The van der Waals surface area contributed by atoms with Crippen molar-refractivity contribution in [3.8, 4) is 5.75 Å². The molecule has 0 spiro atoms. The number of carbonyl (C=O) groups is 1. The van der Waals surface area contributed by atoms with Crippen LogP contribution in [0, 0.1) is 5.92 Å². The second-order valence-corrected chi connectivity index (χ2v) is 8.96. The van der Waals surface area contributed by atoms with Crippen LogP contribution in [0.2, 0.25) is 0 Å². The standard InChI is InChI=1S/C26H33N5O2/c1-18(33-21-9-5-4-6-10-21)25(32)27-17-19-13-15-20(16-14-19)28-26-29-23-12-8-7-11-22(23)24(30-26)31(2)3/h4-12,18-20H,13-17H2,1-3H3,(H,27,32)(H,28,29,30). The molecule has 7 nitrogen and oxygen atoms in total. The first-order valence-electron chi connectivity index (χ1n) is 11.7. The van der Waals surface area contributed by atoms with Crippen molar-refractivity contribution in [3.63, 3.8) is 0 Å². The predicted octanol–water partition coefficient (Wildman–Crippen LogP) is 4.25. The summed E-state index contributed by atoms with van der Waals surface area (Å²) < 4.78 is 5.72. The Morgan fingerprint density at radius 2 is 1.73 bits per heavy atom. The van der Waals surface area contributed by atoms with Gasteiger partial charge in [0, 0.05) is 32.1 Å². The first-order valence-corrected chi connectivity index (χ1v) is 11.7. The summed E-state index contributed by atoms with van der Waals surface area (Å²) in [5.74, 6) is 2.72. The Morgan fingerprint density at radius 1 is 1.03 bits per heavy atom. The molecule has 4 rings (SSSR count). The second kappa shape index (κ2) is 10.5. The Labute approximate surface area is 195 Å². The van der Waals surface area contributed by atoms with E-state index < -0.39 is 6.10 Å². The summed E-state index contributed by atoms with van der Waals surface area (Å²) in [5, 5.41) is 7.66. The molecule has 0 aliphatic heterocycles. The number of para-hydroxylation sites is 2. The molecular weight excluding hydrogens is 414 g/mol. The third-order valence-electron chi connectivity index (χ3n) is 6.18. The van der Waals surface area contributed by atoms with Crippen LogP contribution in [0.5, 0.6) is 5.75 Å². The summed E-state index contributed by atoms with van der Waals surface area (Å²) >= 11 is 0. The zero-order chi connectivity index (χ0) is 23.2. The quantitative estimate of drug-likeness (QED) is 0.537. The number of nitrogens with one attached hydrogen (secondary N) is 2. The maximum absolute atomic E-state index is 12.4. The van der Waals surface area contributed by atoms with Gasteiger partial charge in [-0.1, -0.05) is 30.3 Å². The van der Waals surface area contributed by atoms with Gasteiger partial charge in [-0.15, -0.1) is 0 Å². The maximum Gasteiger partial charge on any atom is 0.260 e. The summed E-state index contributed by atoms with van der Waals surface area (Å²) in [4.78, 5) is 23.9. The van der Waals surface area contributed by atoms with E-state index in [4.69, 9.17) is 14.7 Å². The van der Waals surface area contributed by atoms with Crippen LogP contribution in [0.4, 0.5) is 11.8 Å². The van der Waals surface area contributed by atoms with Gasteiger partial charge in [-0.25, -0.2) is 4.98 Å². The van der Waals surface area contributed by atoms with Gasteiger partial charge in [-0.3, -0.25) is 4.79 Å². The first-order chi connectivity index (χ1) is 16.0. The van der Waals surface area contributed by atoms with Crippen LogP contribution in [0.15, 0.2) is 54.6 Å². The maximum atomic E-state index is 12.4. The fourth-order valence-corrected chi connectivity index (χ4v) is 4.30. The van der Waals surface area contributed by atoms with Crippen molar-refractivity contribution in [2.75, 3.05) is 30.9 Å². The summed E-state index contributed by atoms with van der Waals surface area (Å²) in [6.07, 6.45) is 3.66. The SMILES string of the molecule is CC(Oc1ccccc1)C(=O)NCC1CCC(Nc2nc(N(C)C)c3ccccc3n2)CC1. The van der Waals surface area contributed by atoms with Crippen molar-refractivity contribution < 1.29 is 9.53 Å². The van der Waals surface area contributed by atoms with Gasteiger partial charge in [0.15, 0.2) is 6.10 Å². The zero-order valence-corrected chi connectivity index (χ0v) is 19.6. The lowest BCUT2D eigenvalue weighted by molar-refractivity contribution is -0.127. The minimum absolute atomic E-state index is 0.0696. The van der Waals surface area contributed by atoms with Gasteiger partial charge < -0.3 is 20.3 Å². The number of nitrogens with zero attached hydrogens (tertiary/aromatic N) is 3. The number of hydrogen-bond donors (Lipinski definition) is 2. The molecule has 1 heterocycles. The average Bonchev–Trinajstić information content (AvgIpc) is 2.83. The predicted molar refractivity (Wildman–Crippen MR) is 133 cm³/mol. The van der Waals surface area contributed by atoms with Gasteiger partial charge in [0.25, 0.3) is 5.91 Å². The van der Waals surface area contributed by atoms with E-state index in [-0.39, 0.29) is 5.91 Å². The molecule has 0 radical (unpaired) electrons. The molecule has 0 saturated heterocycles. The molecule has 33 heavy (non-hydrogen) atoms.